The van der Waals surface area contributed by atoms with Gasteiger partial charge >= 0.3 is 5.97 Å². The van der Waals surface area contributed by atoms with E-state index >= 15 is 0 Å². The van der Waals surface area contributed by atoms with Crippen LogP contribution in [0.1, 0.15) is 31.2 Å². The third-order valence-corrected chi connectivity index (χ3v) is 7.18. The fourth-order valence-corrected chi connectivity index (χ4v) is 5.55. The van der Waals surface area contributed by atoms with Gasteiger partial charge in [0, 0.05) is 22.2 Å². The van der Waals surface area contributed by atoms with Crippen molar-refractivity contribution in [3.63, 3.8) is 0 Å². The summed E-state index contributed by atoms with van der Waals surface area (Å²) in [5.74, 6) is 1.17. The number of para-hydroxylation sites is 1. The van der Waals surface area contributed by atoms with Crippen LogP contribution in [0.3, 0.4) is 0 Å². The number of carbonyl (C=O) groups is 1. The van der Waals surface area contributed by atoms with E-state index in [1.165, 1.54) is 15.9 Å². The van der Waals surface area contributed by atoms with Crippen LogP contribution in [0, 0.1) is 0 Å². The summed E-state index contributed by atoms with van der Waals surface area (Å²) in [5.41, 5.74) is 1.99. The Labute approximate surface area is 221 Å². The lowest BCUT2D eigenvalue weighted by molar-refractivity contribution is -0.139. The van der Waals surface area contributed by atoms with Gasteiger partial charge in [-0.1, -0.05) is 53.3 Å². The average Bonchev–Trinajstić information content (AvgIpc) is 3.48. The molecule has 0 N–H and O–H groups in total. The van der Waals surface area contributed by atoms with E-state index in [2.05, 4.69) is 4.99 Å². The number of furan rings is 1. The van der Waals surface area contributed by atoms with Crippen LogP contribution in [0.25, 0.3) is 17.4 Å². The monoisotopic (exact) mass is 534 g/mol. The molecule has 0 amide bonds. The molecule has 0 saturated heterocycles. The second kappa shape index (κ2) is 10.2. The van der Waals surface area contributed by atoms with Crippen LogP contribution in [0.4, 0.5) is 0 Å². The molecular weight excluding hydrogens is 512 g/mol. The average molecular weight is 535 g/mol. The number of carbonyl (C=O) groups excluding carboxylic acids is 1. The molecular formula is C28H23ClN2O5S. The Morgan fingerprint density at radius 3 is 2.76 bits per heavy atom. The normalized spacial score (nSPS) is 15.4. The van der Waals surface area contributed by atoms with Crippen molar-refractivity contribution < 1.29 is 18.7 Å². The van der Waals surface area contributed by atoms with Gasteiger partial charge in [-0.15, -0.1) is 0 Å². The number of ether oxygens (including phenoxy) is 2. The summed E-state index contributed by atoms with van der Waals surface area (Å²) in [4.78, 5) is 31.9. The standard InChI is InChI=1S/C28H23ClN2O5S/c1-4-35-27(33)24-16(2)30-28-31(25(24)20-10-5-6-11-22(20)34-3)26(32)23(37-28)15-19-12-13-21(36-19)17-8-7-9-18(29)14-17/h5-15,25H,4H2,1-3H3/b23-15+. The summed E-state index contributed by atoms with van der Waals surface area (Å²) >= 11 is 7.34. The van der Waals surface area contributed by atoms with Gasteiger partial charge in [-0.2, -0.15) is 0 Å². The first-order valence-electron chi connectivity index (χ1n) is 11.6. The quantitative estimate of drug-likeness (QED) is 0.334. The first kappa shape index (κ1) is 24.8. The third-order valence-electron chi connectivity index (χ3n) is 5.96. The number of nitrogens with zero attached hydrogens (tertiary/aromatic N) is 2. The Morgan fingerprint density at radius 1 is 1.19 bits per heavy atom. The maximum absolute atomic E-state index is 13.8. The number of esters is 1. The van der Waals surface area contributed by atoms with Crippen molar-refractivity contribution in [2.24, 2.45) is 4.99 Å². The first-order valence-corrected chi connectivity index (χ1v) is 12.8. The topological polar surface area (TPSA) is 83.0 Å². The van der Waals surface area contributed by atoms with Crippen LogP contribution in [0.15, 0.2) is 86.1 Å². The fourth-order valence-electron chi connectivity index (χ4n) is 4.33. The molecule has 2 aromatic heterocycles. The lowest BCUT2D eigenvalue weighted by Gasteiger charge is -2.25. The number of halogens is 1. The second-order valence-corrected chi connectivity index (χ2v) is 9.70. The Bertz CT molecular complexity index is 1710. The SMILES string of the molecule is CCOC(=O)C1=C(C)N=c2s/c(=C/c3ccc(-c4cccc(Cl)c4)o3)c(=O)n2C1c1ccccc1OC. The van der Waals surface area contributed by atoms with Crippen molar-refractivity contribution in [3.05, 3.63) is 108 Å². The zero-order valence-electron chi connectivity index (χ0n) is 20.4. The Hall–Kier alpha value is -3.88. The van der Waals surface area contributed by atoms with Crippen LogP contribution < -0.4 is 19.6 Å². The van der Waals surface area contributed by atoms with Crippen LogP contribution in [-0.4, -0.2) is 24.3 Å². The Morgan fingerprint density at radius 2 is 2.00 bits per heavy atom. The Balaban J connectivity index is 1.67. The number of hydrogen-bond acceptors (Lipinski definition) is 7. The molecule has 7 nitrogen and oxygen atoms in total. The van der Waals surface area contributed by atoms with Crippen LogP contribution in [0.5, 0.6) is 5.75 Å². The van der Waals surface area contributed by atoms with Crippen LogP contribution >= 0.6 is 22.9 Å². The van der Waals surface area contributed by atoms with E-state index in [1.54, 1.807) is 45.2 Å². The van der Waals surface area contributed by atoms with E-state index in [9.17, 15) is 9.59 Å². The third kappa shape index (κ3) is 4.65. The molecule has 0 fully saturated rings. The predicted octanol–water partition coefficient (Wildman–Crippen LogP) is 4.72. The van der Waals surface area contributed by atoms with Crippen molar-refractivity contribution in [1.82, 2.24) is 4.57 Å². The van der Waals surface area contributed by atoms with Crippen molar-refractivity contribution >= 4 is 35.0 Å². The molecule has 5 rings (SSSR count). The summed E-state index contributed by atoms with van der Waals surface area (Å²) in [7, 11) is 1.55. The summed E-state index contributed by atoms with van der Waals surface area (Å²) < 4.78 is 18.9. The Kier molecular flexibility index (Phi) is 6.86. The molecule has 0 aliphatic carbocycles. The molecule has 0 spiro atoms. The zero-order valence-corrected chi connectivity index (χ0v) is 21.9. The molecule has 9 heteroatoms. The number of aromatic nitrogens is 1. The van der Waals surface area contributed by atoms with Crippen molar-refractivity contribution in [2.75, 3.05) is 13.7 Å². The van der Waals surface area contributed by atoms with Gasteiger partial charge in [0.15, 0.2) is 4.80 Å². The van der Waals surface area contributed by atoms with Gasteiger partial charge in [-0.25, -0.2) is 9.79 Å². The number of fused-ring (bicyclic) bond motifs is 1. The number of methoxy groups -OCH3 is 1. The number of hydrogen-bond donors (Lipinski definition) is 0. The maximum Gasteiger partial charge on any atom is 0.338 e. The smallest absolute Gasteiger partial charge is 0.338 e. The number of benzene rings is 2. The minimum Gasteiger partial charge on any atom is -0.496 e. The molecule has 4 aromatic rings. The van der Waals surface area contributed by atoms with E-state index in [-0.39, 0.29) is 12.2 Å². The minimum atomic E-state index is -0.757. The molecule has 1 atom stereocenters. The number of thiazole rings is 1. The maximum atomic E-state index is 13.8. The molecule has 1 unspecified atom stereocenters. The van der Waals surface area contributed by atoms with E-state index in [0.29, 0.717) is 48.5 Å². The van der Waals surface area contributed by atoms with E-state index in [0.717, 1.165) is 5.56 Å². The van der Waals surface area contributed by atoms with Crippen LogP contribution in [0.2, 0.25) is 5.02 Å². The molecule has 0 bridgehead atoms. The zero-order chi connectivity index (χ0) is 26.1. The minimum absolute atomic E-state index is 0.201. The molecule has 0 saturated carbocycles. The van der Waals surface area contributed by atoms with Gasteiger partial charge in [0.1, 0.15) is 23.3 Å². The molecule has 2 aromatic carbocycles. The second-order valence-electron chi connectivity index (χ2n) is 8.26. The molecule has 188 valence electrons. The molecule has 37 heavy (non-hydrogen) atoms. The number of rotatable bonds is 6. The van der Waals surface area contributed by atoms with Crippen molar-refractivity contribution in [2.45, 2.75) is 19.9 Å². The highest BCUT2D eigenvalue weighted by atomic mass is 35.5. The van der Waals surface area contributed by atoms with Gasteiger partial charge in [-0.05, 0) is 44.2 Å². The van der Waals surface area contributed by atoms with Crippen molar-refractivity contribution in [3.8, 4) is 17.1 Å². The highest BCUT2D eigenvalue weighted by Crippen LogP contribution is 2.35. The van der Waals surface area contributed by atoms with Crippen LogP contribution in [-0.2, 0) is 9.53 Å². The summed E-state index contributed by atoms with van der Waals surface area (Å²) in [5, 5.41) is 0.605. The highest BCUT2D eigenvalue weighted by molar-refractivity contribution is 7.07. The van der Waals surface area contributed by atoms with Gasteiger partial charge in [0.25, 0.3) is 5.56 Å². The van der Waals surface area contributed by atoms with E-state index in [4.69, 9.17) is 25.5 Å². The first-order chi connectivity index (χ1) is 17.9. The summed E-state index contributed by atoms with van der Waals surface area (Å²) in [6.07, 6.45) is 1.68. The molecule has 1 aliphatic rings. The molecule has 1 aliphatic heterocycles. The van der Waals surface area contributed by atoms with Gasteiger partial charge in [-0.3, -0.25) is 9.36 Å². The molecule has 3 heterocycles. The highest BCUT2D eigenvalue weighted by Gasteiger charge is 2.34. The van der Waals surface area contributed by atoms with Gasteiger partial charge in [0.05, 0.1) is 29.5 Å². The number of allylic oxidation sites excluding steroid dienone is 1. The lowest BCUT2D eigenvalue weighted by Crippen LogP contribution is -2.40. The predicted molar refractivity (Wildman–Crippen MR) is 143 cm³/mol. The fraction of sp³-hybridized carbons (Fsp3) is 0.179. The van der Waals surface area contributed by atoms with Crippen molar-refractivity contribution in [1.29, 1.82) is 0 Å². The van der Waals surface area contributed by atoms with E-state index < -0.39 is 12.0 Å². The van der Waals surface area contributed by atoms with Gasteiger partial charge in [0.2, 0.25) is 0 Å². The lowest BCUT2D eigenvalue weighted by atomic mass is 9.95. The summed E-state index contributed by atoms with van der Waals surface area (Å²) in [6, 6.07) is 17.5. The summed E-state index contributed by atoms with van der Waals surface area (Å²) in [6.45, 7) is 3.68. The van der Waals surface area contributed by atoms with Gasteiger partial charge < -0.3 is 13.9 Å². The van der Waals surface area contributed by atoms with E-state index in [1.807, 2.05) is 42.5 Å². The largest absolute Gasteiger partial charge is 0.496 e. The molecule has 0 radical (unpaired) electrons.